The van der Waals surface area contributed by atoms with Gasteiger partial charge in [-0.15, -0.1) is 0 Å². The van der Waals surface area contributed by atoms with Gasteiger partial charge in [-0.3, -0.25) is 0 Å². The summed E-state index contributed by atoms with van der Waals surface area (Å²) >= 11 is 0. The van der Waals surface area contributed by atoms with Crippen LogP contribution >= 0.6 is 0 Å². The molecule has 0 unspecified atom stereocenters. The maximum Gasteiger partial charge on any atom is 0.224 e. The van der Waals surface area contributed by atoms with Gasteiger partial charge in [-0.1, -0.05) is 56.5 Å². The highest BCUT2D eigenvalue weighted by Gasteiger charge is 2.09. The van der Waals surface area contributed by atoms with Gasteiger partial charge in [0.25, 0.3) is 0 Å². The molecule has 5 N–H and O–H groups in total. The summed E-state index contributed by atoms with van der Waals surface area (Å²) in [5, 5.41) is 6.08. The van der Waals surface area contributed by atoms with Crippen LogP contribution in [0.2, 0.25) is 0 Å². The fraction of sp³-hybridized carbons (Fsp3) is 0.333. The first-order valence-corrected chi connectivity index (χ1v) is 10.9. The number of benzene rings is 2. The molecule has 0 atom stereocenters. The molecule has 7 heteroatoms. The Morgan fingerprint density at radius 2 is 1.65 bits per heavy atom. The van der Waals surface area contributed by atoms with E-state index in [-0.39, 0.29) is 11.8 Å². The molecule has 0 aliphatic rings. The van der Waals surface area contributed by atoms with Crippen molar-refractivity contribution >= 4 is 33.7 Å². The van der Waals surface area contributed by atoms with Crippen molar-refractivity contribution in [1.82, 2.24) is 25.3 Å². The number of nitrogens with two attached hydrogens (primary N) is 2. The minimum absolute atomic E-state index is 0.105. The Morgan fingerprint density at radius 3 is 2.42 bits per heavy atom. The molecule has 4 rings (SSSR count). The van der Waals surface area contributed by atoms with E-state index >= 15 is 0 Å². The van der Waals surface area contributed by atoms with Gasteiger partial charge < -0.3 is 16.8 Å². The lowest BCUT2D eigenvalue weighted by Gasteiger charge is -2.13. The Hall–Kier alpha value is -3.32. The zero-order valence-electron chi connectivity index (χ0n) is 17.9. The Balaban J connectivity index is 1.49. The monoisotopic (exact) mass is 415 g/mol. The van der Waals surface area contributed by atoms with E-state index in [9.17, 15) is 0 Å². The van der Waals surface area contributed by atoms with Gasteiger partial charge in [0.05, 0.1) is 11.9 Å². The van der Waals surface area contributed by atoms with Crippen LogP contribution in [0.25, 0.3) is 21.9 Å². The lowest BCUT2D eigenvalue weighted by molar-refractivity contribution is 0.650. The number of nitrogens with one attached hydrogen (secondary N) is 1. The minimum Gasteiger partial charge on any atom is -0.382 e. The fourth-order valence-electron chi connectivity index (χ4n) is 3.87. The second-order valence-corrected chi connectivity index (χ2v) is 7.88. The van der Waals surface area contributed by atoms with Crippen molar-refractivity contribution < 1.29 is 0 Å². The van der Waals surface area contributed by atoms with Gasteiger partial charge in [0.15, 0.2) is 17.0 Å². The van der Waals surface area contributed by atoms with Crippen molar-refractivity contribution in [3.05, 3.63) is 59.4 Å². The van der Waals surface area contributed by atoms with Crippen molar-refractivity contribution in [1.29, 1.82) is 0 Å². The lowest BCUT2D eigenvalue weighted by Crippen LogP contribution is -2.16. The molecule has 2 aromatic carbocycles. The minimum atomic E-state index is 0.105. The largest absolute Gasteiger partial charge is 0.382 e. The van der Waals surface area contributed by atoms with Crippen LogP contribution in [0.1, 0.15) is 49.4 Å². The average molecular weight is 416 g/mol. The summed E-state index contributed by atoms with van der Waals surface area (Å²) in [7, 11) is 0. The maximum absolute atomic E-state index is 5.93. The molecule has 0 bridgehead atoms. The fourth-order valence-corrected chi connectivity index (χ4v) is 3.87. The molecule has 0 saturated carbocycles. The number of nitrogen functional groups attached to an aromatic ring is 2. The van der Waals surface area contributed by atoms with E-state index in [2.05, 4.69) is 68.6 Å². The number of rotatable bonds is 9. The number of nitrogens with zero attached hydrogens (tertiary/aromatic N) is 4. The van der Waals surface area contributed by atoms with E-state index < -0.39 is 0 Å². The molecule has 0 amide bonds. The van der Waals surface area contributed by atoms with E-state index in [1.54, 1.807) is 6.20 Å². The Bertz CT molecular complexity index is 1190. The van der Waals surface area contributed by atoms with Crippen molar-refractivity contribution in [2.75, 3.05) is 11.5 Å². The summed E-state index contributed by atoms with van der Waals surface area (Å²) < 4.78 is 0. The Morgan fingerprint density at radius 1 is 0.871 bits per heavy atom. The van der Waals surface area contributed by atoms with Gasteiger partial charge in [0.2, 0.25) is 5.95 Å². The SMILES string of the molecule is CCCCCCc1cc2ccccc2cc1CNCc1cnc2nc(N)nc(N)c2n1. The first-order valence-electron chi connectivity index (χ1n) is 10.9. The molecule has 7 nitrogen and oxygen atoms in total. The van der Waals surface area contributed by atoms with Gasteiger partial charge in [-0.2, -0.15) is 9.97 Å². The van der Waals surface area contributed by atoms with Gasteiger partial charge in [-0.05, 0) is 40.8 Å². The summed E-state index contributed by atoms with van der Waals surface area (Å²) in [5.74, 6) is 0.355. The standard InChI is InChI=1S/C24H29N7/c1-2-3-4-5-8-18-11-16-9-6-7-10-17(16)12-19(18)13-27-14-20-15-28-23-21(29-20)22(25)30-24(26)31-23/h6-7,9-12,15,27H,2-5,8,13-14H2,1H3,(H4,25,26,28,30,31). The number of aromatic nitrogens is 4. The van der Waals surface area contributed by atoms with E-state index in [1.807, 2.05) is 0 Å². The second-order valence-electron chi connectivity index (χ2n) is 7.88. The molecule has 0 spiro atoms. The molecule has 2 heterocycles. The number of hydrogen-bond donors (Lipinski definition) is 3. The predicted molar refractivity (Wildman–Crippen MR) is 126 cm³/mol. The number of anilines is 2. The van der Waals surface area contributed by atoms with Crippen LogP contribution in [0, 0.1) is 0 Å². The van der Waals surface area contributed by atoms with Crippen molar-refractivity contribution in [3.8, 4) is 0 Å². The zero-order valence-corrected chi connectivity index (χ0v) is 17.9. The third-order valence-electron chi connectivity index (χ3n) is 5.49. The number of aryl methyl sites for hydroxylation is 1. The topological polar surface area (TPSA) is 116 Å². The molecule has 4 aromatic rings. The highest BCUT2D eigenvalue weighted by molar-refractivity contribution is 5.84. The Kier molecular flexibility index (Phi) is 6.52. The summed E-state index contributed by atoms with van der Waals surface area (Å²) in [6.45, 7) is 3.59. The van der Waals surface area contributed by atoms with Crippen molar-refractivity contribution in [2.45, 2.75) is 52.1 Å². The average Bonchev–Trinajstić information content (AvgIpc) is 2.77. The summed E-state index contributed by atoms with van der Waals surface area (Å²) in [5.41, 5.74) is 16.0. The van der Waals surface area contributed by atoms with Crippen LogP contribution in [0.5, 0.6) is 0 Å². The highest BCUT2D eigenvalue weighted by Crippen LogP contribution is 2.22. The molecular weight excluding hydrogens is 386 g/mol. The van der Waals surface area contributed by atoms with Crippen LogP contribution in [-0.4, -0.2) is 19.9 Å². The first kappa shape index (κ1) is 20.9. The molecule has 31 heavy (non-hydrogen) atoms. The molecule has 0 aliphatic heterocycles. The molecule has 2 aromatic heterocycles. The summed E-state index contributed by atoms with van der Waals surface area (Å²) in [4.78, 5) is 16.9. The molecule has 0 fully saturated rings. The lowest BCUT2D eigenvalue weighted by atomic mass is 9.96. The summed E-state index contributed by atoms with van der Waals surface area (Å²) in [6.07, 6.45) is 7.84. The third kappa shape index (κ3) is 5.06. The van der Waals surface area contributed by atoms with Crippen LogP contribution in [0.15, 0.2) is 42.6 Å². The van der Waals surface area contributed by atoms with Gasteiger partial charge in [0, 0.05) is 13.1 Å². The third-order valence-corrected chi connectivity index (χ3v) is 5.49. The van der Waals surface area contributed by atoms with E-state index in [0.29, 0.717) is 17.7 Å². The van der Waals surface area contributed by atoms with Crippen molar-refractivity contribution in [3.63, 3.8) is 0 Å². The van der Waals surface area contributed by atoms with E-state index in [1.165, 1.54) is 47.6 Å². The second kappa shape index (κ2) is 9.66. The predicted octanol–water partition coefficient (Wildman–Crippen LogP) is 4.15. The zero-order chi connectivity index (χ0) is 21.6. The molecule has 0 saturated heterocycles. The smallest absolute Gasteiger partial charge is 0.224 e. The van der Waals surface area contributed by atoms with Crippen LogP contribution in [0.3, 0.4) is 0 Å². The molecule has 0 radical (unpaired) electrons. The van der Waals surface area contributed by atoms with Gasteiger partial charge in [0.1, 0.15) is 0 Å². The molecule has 160 valence electrons. The van der Waals surface area contributed by atoms with E-state index in [0.717, 1.165) is 18.7 Å². The quantitative estimate of drug-likeness (QED) is 0.352. The highest BCUT2D eigenvalue weighted by atomic mass is 15.1. The first-order chi connectivity index (χ1) is 15.1. The Labute approximate surface area is 182 Å². The molecule has 0 aliphatic carbocycles. The normalized spacial score (nSPS) is 11.4. The van der Waals surface area contributed by atoms with E-state index in [4.69, 9.17) is 11.5 Å². The maximum atomic E-state index is 5.93. The summed E-state index contributed by atoms with van der Waals surface area (Å²) in [6, 6.07) is 13.2. The van der Waals surface area contributed by atoms with Crippen molar-refractivity contribution in [2.24, 2.45) is 0 Å². The number of unbranched alkanes of at least 4 members (excludes halogenated alkanes) is 3. The molecular formula is C24H29N7. The van der Waals surface area contributed by atoms with Gasteiger partial charge in [-0.25, -0.2) is 9.97 Å². The number of hydrogen-bond acceptors (Lipinski definition) is 7. The van der Waals surface area contributed by atoms with Gasteiger partial charge >= 0.3 is 0 Å². The number of fused-ring (bicyclic) bond motifs is 2. The van der Waals surface area contributed by atoms with Crippen LogP contribution < -0.4 is 16.8 Å². The van der Waals surface area contributed by atoms with Crippen LogP contribution in [-0.2, 0) is 19.5 Å². The van der Waals surface area contributed by atoms with Crippen LogP contribution in [0.4, 0.5) is 11.8 Å².